The summed E-state index contributed by atoms with van der Waals surface area (Å²) in [5.41, 5.74) is 9.09. The molecule has 3 rings (SSSR count). The normalized spacial score (nSPS) is 27.2. The minimum absolute atomic E-state index is 0.686. The van der Waals surface area contributed by atoms with E-state index in [1.54, 1.807) is 0 Å². The zero-order chi connectivity index (χ0) is 13.4. The molecule has 2 nitrogen and oxygen atoms in total. The van der Waals surface area contributed by atoms with Gasteiger partial charge in [-0.3, -0.25) is 0 Å². The topological polar surface area (TPSA) is 29.3 Å². The van der Waals surface area contributed by atoms with Crippen molar-refractivity contribution < 1.29 is 0 Å². The molecule has 2 N–H and O–H groups in total. The first-order valence-electron chi connectivity index (χ1n) is 7.45. The molecule has 2 atom stereocenters. The average molecular weight is 279 g/mol. The molecule has 1 saturated carbocycles. The minimum Gasteiger partial charge on any atom is -0.398 e. The zero-order valence-corrected chi connectivity index (χ0v) is 12.4. The van der Waals surface area contributed by atoms with E-state index in [2.05, 4.69) is 17.9 Å². The van der Waals surface area contributed by atoms with E-state index in [0.29, 0.717) is 10.7 Å². The van der Waals surface area contributed by atoms with Crippen LogP contribution in [0.2, 0.25) is 5.02 Å². The Hall–Kier alpha value is -0.890. The Morgan fingerprint density at radius 3 is 2.68 bits per heavy atom. The molecule has 1 aromatic carbocycles. The van der Waals surface area contributed by atoms with E-state index in [-0.39, 0.29) is 0 Å². The second-order valence-corrected chi connectivity index (χ2v) is 6.61. The summed E-state index contributed by atoms with van der Waals surface area (Å²) < 4.78 is 0. The van der Waals surface area contributed by atoms with Gasteiger partial charge in [0.2, 0.25) is 0 Å². The molecule has 1 saturated heterocycles. The zero-order valence-electron chi connectivity index (χ0n) is 11.7. The third-order valence-electron chi connectivity index (χ3n) is 4.95. The van der Waals surface area contributed by atoms with E-state index >= 15 is 0 Å². The van der Waals surface area contributed by atoms with Gasteiger partial charge in [-0.05, 0) is 49.3 Å². The van der Waals surface area contributed by atoms with Crippen molar-refractivity contribution in [2.45, 2.75) is 39.0 Å². The Morgan fingerprint density at radius 1 is 1.16 bits per heavy atom. The minimum atomic E-state index is 0.686. The number of nitrogens with two attached hydrogens (primary N) is 1. The molecule has 2 fully saturated rings. The van der Waals surface area contributed by atoms with Crippen molar-refractivity contribution in [3.63, 3.8) is 0 Å². The Balaban J connectivity index is 1.81. The van der Waals surface area contributed by atoms with Crippen molar-refractivity contribution in [3.8, 4) is 0 Å². The summed E-state index contributed by atoms with van der Waals surface area (Å²) in [5, 5.41) is 0.686. The monoisotopic (exact) mass is 278 g/mol. The highest BCUT2D eigenvalue weighted by molar-refractivity contribution is 6.33. The summed E-state index contributed by atoms with van der Waals surface area (Å²) in [6, 6.07) is 4.06. The fourth-order valence-corrected chi connectivity index (χ4v) is 4.01. The molecule has 0 bridgehead atoms. The Morgan fingerprint density at radius 2 is 1.89 bits per heavy atom. The Kier molecular flexibility index (Phi) is 3.62. The van der Waals surface area contributed by atoms with Crippen molar-refractivity contribution in [2.24, 2.45) is 11.8 Å². The summed E-state index contributed by atoms with van der Waals surface area (Å²) in [4.78, 5) is 2.52. The van der Waals surface area contributed by atoms with Crippen molar-refractivity contribution in [1.29, 1.82) is 0 Å². The maximum Gasteiger partial charge on any atom is 0.0656 e. The molecule has 0 amide bonds. The number of anilines is 2. The Labute approximate surface area is 120 Å². The number of nitrogen functional groups attached to an aromatic ring is 1. The molecule has 19 heavy (non-hydrogen) atoms. The van der Waals surface area contributed by atoms with Gasteiger partial charge in [-0.2, -0.15) is 0 Å². The van der Waals surface area contributed by atoms with Crippen LogP contribution in [0, 0.1) is 18.8 Å². The predicted molar refractivity (Wildman–Crippen MR) is 82.9 cm³/mol. The molecule has 0 aromatic heterocycles. The van der Waals surface area contributed by atoms with Crippen LogP contribution in [0.4, 0.5) is 11.4 Å². The number of halogens is 1. The number of nitrogens with zero attached hydrogens (tertiary/aromatic N) is 1. The molecule has 1 heterocycles. The second-order valence-electron chi connectivity index (χ2n) is 6.20. The molecular weight excluding hydrogens is 256 g/mol. The van der Waals surface area contributed by atoms with Crippen LogP contribution in [0.15, 0.2) is 12.1 Å². The highest BCUT2D eigenvalue weighted by atomic mass is 35.5. The molecule has 3 heteroatoms. The molecule has 1 aliphatic carbocycles. The van der Waals surface area contributed by atoms with E-state index in [0.717, 1.165) is 11.8 Å². The van der Waals surface area contributed by atoms with E-state index < -0.39 is 0 Å². The van der Waals surface area contributed by atoms with Gasteiger partial charge in [0.15, 0.2) is 0 Å². The number of hydrogen-bond acceptors (Lipinski definition) is 2. The maximum absolute atomic E-state index is 6.19. The largest absolute Gasteiger partial charge is 0.398 e. The smallest absolute Gasteiger partial charge is 0.0656 e. The number of fused-ring (bicyclic) bond motifs is 1. The third kappa shape index (κ3) is 2.55. The van der Waals surface area contributed by atoms with Gasteiger partial charge in [0.1, 0.15) is 0 Å². The quantitative estimate of drug-likeness (QED) is 0.778. The molecule has 1 aromatic rings. The molecular formula is C16H23ClN2. The first-order chi connectivity index (χ1) is 9.15. The van der Waals surface area contributed by atoms with Crippen LogP contribution in [0.25, 0.3) is 0 Å². The number of hydrogen-bond donors (Lipinski definition) is 1. The van der Waals surface area contributed by atoms with Crippen LogP contribution >= 0.6 is 11.6 Å². The predicted octanol–water partition coefficient (Wildman–Crippen LogP) is 4.25. The van der Waals surface area contributed by atoms with Gasteiger partial charge in [0.25, 0.3) is 0 Å². The van der Waals surface area contributed by atoms with Gasteiger partial charge in [-0.25, -0.2) is 0 Å². The van der Waals surface area contributed by atoms with Gasteiger partial charge in [0, 0.05) is 18.8 Å². The SMILES string of the molecule is Cc1cc(N)c(Cl)cc1N1CCC2CCCCC2C1. The van der Waals surface area contributed by atoms with Gasteiger partial charge in [-0.1, -0.05) is 30.9 Å². The first kappa shape index (κ1) is 13.1. The van der Waals surface area contributed by atoms with Gasteiger partial charge in [0.05, 0.1) is 10.7 Å². The highest BCUT2D eigenvalue weighted by Gasteiger charge is 2.31. The summed E-state index contributed by atoms with van der Waals surface area (Å²) in [5.74, 6) is 1.85. The van der Waals surface area contributed by atoms with E-state index in [4.69, 9.17) is 17.3 Å². The number of aryl methyl sites for hydroxylation is 1. The molecule has 0 radical (unpaired) electrons. The highest BCUT2D eigenvalue weighted by Crippen LogP contribution is 2.39. The second kappa shape index (κ2) is 5.24. The Bertz CT molecular complexity index is 472. The number of rotatable bonds is 1. The summed E-state index contributed by atoms with van der Waals surface area (Å²) in [7, 11) is 0. The van der Waals surface area contributed by atoms with Crippen molar-refractivity contribution in [1.82, 2.24) is 0 Å². The lowest BCUT2D eigenvalue weighted by Gasteiger charge is -2.42. The van der Waals surface area contributed by atoms with Crippen molar-refractivity contribution in [3.05, 3.63) is 22.7 Å². The van der Waals surface area contributed by atoms with Gasteiger partial charge >= 0.3 is 0 Å². The lowest BCUT2D eigenvalue weighted by molar-refractivity contribution is 0.202. The standard InChI is InChI=1S/C16H23ClN2/c1-11-8-15(18)14(17)9-16(11)19-7-6-12-4-2-3-5-13(12)10-19/h8-9,12-13H,2-7,10,18H2,1H3. The van der Waals surface area contributed by atoms with Crippen LogP contribution in [-0.4, -0.2) is 13.1 Å². The van der Waals surface area contributed by atoms with Gasteiger partial charge in [-0.15, -0.1) is 0 Å². The average Bonchev–Trinajstić information content (AvgIpc) is 2.42. The fraction of sp³-hybridized carbons (Fsp3) is 0.625. The van der Waals surface area contributed by atoms with Crippen LogP contribution < -0.4 is 10.6 Å². The van der Waals surface area contributed by atoms with E-state index in [1.807, 2.05) is 6.07 Å². The summed E-state index contributed by atoms with van der Waals surface area (Å²) in [6.07, 6.45) is 7.04. The molecule has 1 aliphatic heterocycles. The fourth-order valence-electron chi connectivity index (χ4n) is 3.85. The van der Waals surface area contributed by atoms with Crippen molar-refractivity contribution >= 4 is 23.0 Å². The first-order valence-corrected chi connectivity index (χ1v) is 7.83. The van der Waals surface area contributed by atoms with Crippen LogP contribution in [0.3, 0.4) is 0 Å². The van der Waals surface area contributed by atoms with Crippen LogP contribution in [0.1, 0.15) is 37.7 Å². The lowest BCUT2D eigenvalue weighted by atomic mass is 9.75. The summed E-state index contributed by atoms with van der Waals surface area (Å²) in [6.45, 7) is 4.50. The van der Waals surface area contributed by atoms with Crippen LogP contribution in [-0.2, 0) is 0 Å². The molecule has 2 unspecified atom stereocenters. The van der Waals surface area contributed by atoms with E-state index in [9.17, 15) is 0 Å². The molecule has 2 aliphatic rings. The third-order valence-corrected chi connectivity index (χ3v) is 5.27. The summed E-state index contributed by atoms with van der Waals surface area (Å²) >= 11 is 6.19. The molecule has 104 valence electrons. The number of piperidine rings is 1. The lowest BCUT2D eigenvalue weighted by Crippen LogP contribution is -2.42. The van der Waals surface area contributed by atoms with Crippen LogP contribution in [0.5, 0.6) is 0 Å². The van der Waals surface area contributed by atoms with Crippen molar-refractivity contribution in [2.75, 3.05) is 23.7 Å². The maximum atomic E-state index is 6.19. The van der Waals surface area contributed by atoms with E-state index in [1.165, 1.54) is 56.4 Å². The number of benzene rings is 1. The molecule has 0 spiro atoms. The van der Waals surface area contributed by atoms with Gasteiger partial charge < -0.3 is 10.6 Å².